The van der Waals surface area contributed by atoms with Crippen molar-refractivity contribution in [2.45, 2.75) is 23.4 Å². The van der Waals surface area contributed by atoms with Crippen LogP contribution in [0.2, 0.25) is 0 Å². The largest absolute Gasteiger partial charge is 0.189 e. The van der Waals surface area contributed by atoms with Crippen molar-refractivity contribution in [2.75, 3.05) is 0 Å². The van der Waals surface area contributed by atoms with Crippen molar-refractivity contribution in [2.24, 2.45) is 39.8 Å². The van der Waals surface area contributed by atoms with Gasteiger partial charge < -0.3 is 0 Å². The zero-order valence-electron chi connectivity index (χ0n) is 19.6. The second-order valence-electron chi connectivity index (χ2n) is 10.9. The average Bonchev–Trinajstić information content (AvgIpc) is 3.19. The highest BCUT2D eigenvalue weighted by Gasteiger charge is 2.82. The van der Waals surface area contributed by atoms with Crippen molar-refractivity contribution in [3.63, 3.8) is 0 Å². The highest BCUT2D eigenvalue weighted by Crippen LogP contribution is 2.82. The summed E-state index contributed by atoms with van der Waals surface area (Å²) in [5.41, 5.74) is 5.26. The highest BCUT2D eigenvalue weighted by molar-refractivity contribution is 5.55. The van der Waals surface area contributed by atoms with Gasteiger partial charge in [-0.15, -0.1) is 0 Å². The van der Waals surface area contributed by atoms with Crippen LogP contribution in [0.1, 0.15) is 28.7 Å². The molecular formula is C33H28N2. The number of rotatable bonds is 4. The molecule has 2 heteroatoms. The maximum absolute atomic E-state index is 5.21. The highest BCUT2D eigenvalue weighted by atomic mass is 15.3. The first-order valence-corrected chi connectivity index (χ1v) is 13.0. The second-order valence-corrected chi connectivity index (χ2v) is 10.9. The first-order chi connectivity index (χ1) is 17.4. The van der Waals surface area contributed by atoms with Crippen LogP contribution < -0.4 is 0 Å². The van der Waals surface area contributed by atoms with Crippen LogP contribution in [0.25, 0.3) is 0 Å². The van der Waals surface area contributed by atoms with Crippen molar-refractivity contribution in [1.29, 1.82) is 0 Å². The van der Waals surface area contributed by atoms with Gasteiger partial charge in [0.1, 0.15) is 5.54 Å². The Kier molecular flexibility index (Phi) is 3.95. The normalized spacial score (nSPS) is 32.2. The number of benzene rings is 4. The van der Waals surface area contributed by atoms with Crippen molar-refractivity contribution in [3.8, 4) is 0 Å². The third-order valence-corrected chi connectivity index (χ3v) is 9.83. The predicted molar refractivity (Wildman–Crippen MR) is 138 cm³/mol. The molecule has 2 bridgehead atoms. The standard InChI is InChI=1S/C33H28N2/c1-5-13-22(14-6-1)32(23-15-7-2-8-16-23)28-26-21-27(29(28)32)31-30(26)33(35-34-31,24-17-9-3-10-18-24)25-19-11-4-12-20-25/h1-20,26-31H,21H2/t26-,27+,28-,29+,30-,31+/m1/s1. The Bertz CT molecular complexity index is 1320. The van der Waals surface area contributed by atoms with Gasteiger partial charge in [0.05, 0.1) is 6.04 Å². The third-order valence-electron chi connectivity index (χ3n) is 9.83. The zero-order valence-corrected chi connectivity index (χ0v) is 19.6. The summed E-state index contributed by atoms with van der Waals surface area (Å²) >= 11 is 0. The molecule has 4 aromatic carbocycles. The molecule has 35 heavy (non-hydrogen) atoms. The summed E-state index contributed by atoms with van der Waals surface area (Å²) in [6.07, 6.45) is 1.28. The summed E-state index contributed by atoms with van der Waals surface area (Å²) in [5, 5.41) is 10.3. The SMILES string of the molecule is c1ccc(C2(c3ccccc3)N=N[C@H]3[C@H]4C[C@@H]([C@H]32)[C@@H]2[C@H]4C2(c2ccccc2)c2ccccc2)cc1. The molecule has 3 saturated carbocycles. The van der Waals surface area contributed by atoms with Crippen LogP contribution in [-0.2, 0) is 11.0 Å². The molecule has 8 rings (SSSR count). The number of nitrogens with zero attached hydrogens (tertiary/aromatic N) is 2. The van der Waals surface area contributed by atoms with Crippen LogP contribution >= 0.6 is 0 Å². The van der Waals surface area contributed by atoms with Crippen molar-refractivity contribution in [1.82, 2.24) is 0 Å². The van der Waals surface area contributed by atoms with E-state index in [0.717, 1.165) is 0 Å². The molecule has 0 aromatic heterocycles. The molecule has 3 aliphatic carbocycles. The molecule has 0 amide bonds. The lowest BCUT2D eigenvalue weighted by molar-refractivity contribution is 0.223. The summed E-state index contributed by atoms with van der Waals surface area (Å²) in [4.78, 5) is 0. The molecule has 1 aliphatic heterocycles. The average molecular weight is 453 g/mol. The molecule has 0 saturated heterocycles. The number of azo groups is 1. The molecule has 1 heterocycles. The lowest BCUT2D eigenvalue weighted by atomic mass is 9.66. The summed E-state index contributed by atoms with van der Waals surface area (Å²) < 4.78 is 0. The lowest BCUT2D eigenvalue weighted by Crippen LogP contribution is -2.40. The number of fused-ring (bicyclic) bond motifs is 8. The van der Waals surface area contributed by atoms with E-state index in [1.54, 1.807) is 0 Å². The van der Waals surface area contributed by atoms with Gasteiger partial charge in [0.15, 0.2) is 0 Å². The van der Waals surface area contributed by atoms with Gasteiger partial charge in [-0.1, -0.05) is 121 Å². The minimum Gasteiger partial charge on any atom is -0.189 e. The Morgan fingerprint density at radius 3 is 1.40 bits per heavy atom. The van der Waals surface area contributed by atoms with Gasteiger partial charge in [0.2, 0.25) is 0 Å². The molecule has 170 valence electrons. The minimum absolute atomic E-state index is 0.106. The van der Waals surface area contributed by atoms with Gasteiger partial charge >= 0.3 is 0 Å². The molecule has 4 aliphatic rings. The quantitative estimate of drug-likeness (QED) is 0.311. The molecule has 6 atom stereocenters. The summed E-state index contributed by atoms with van der Waals surface area (Å²) in [6.45, 7) is 0. The lowest BCUT2D eigenvalue weighted by Gasteiger charge is -2.37. The van der Waals surface area contributed by atoms with E-state index < -0.39 is 0 Å². The Morgan fingerprint density at radius 2 is 0.914 bits per heavy atom. The van der Waals surface area contributed by atoms with E-state index in [1.165, 1.54) is 28.7 Å². The molecule has 3 fully saturated rings. The van der Waals surface area contributed by atoms with E-state index in [4.69, 9.17) is 10.2 Å². The third kappa shape index (κ3) is 2.35. The van der Waals surface area contributed by atoms with E-state index >= 15 is 0 Å². The Labute approximate surface area is 206 Å². The van der Waals surface area contributed by atoms with Crippen LogP contribution in [0.3, 0.4) is 0 Å². The van der Waals surface area contributed by atoms with E-state index in [9.17, 15) is 0 Å². The van der Waals surface area contributed by atoms with Gasteiger partial charge in [-0.2, -0.15) is 10.2 Å². The van der Waals surface area contributed by atoms with Crippen LogP contribution in [0.15, 0.2) is 132 Å². The Hall–Kier alpha value is -3.52. The van der Waals surface area contributed by atoms with E-state index in [0.29, 0.717) is 35.6 Å². The second kappa shape index (κ2) is 7.01. The monoisotopic (exact) mass is 452 g/mol. The first kappa shape index (κ1) is 19.8. The minimum atomic E-state index is -0.390. The maximum atomic E-state index is 5.21. The Balaban J connectivity index is 1.31. The molecule has 0 radical (unpaired) electrons. The van der Waals surface area contributed by atoms with Crippen LogP contribution in [0.4, 0.5) is 0 Å². The van der Waals surface area contributed by atoms with Crippen LogP contribution in [-0.4, -0.2) is 6.04 Å². The van der Waals surface area contributed by atoms with Gasteiger partial charge in [-0.25, -0.2) is 0 Å². The smallest absolute Gasteiger partial charge is 0.137 e. The van der Waals surface area contributed by atoms with Crippen molar-refractivity contribution < 1.29 is 0 Å². The summed E-state index contributed by atoms with van der Waals surface area (Å²) in [6, 6.07) is 44.9. The molecule has 0 unspecified atom stereocenters. The van der Waals surface area contributed by atoms with Gasteiger partial charge in [0.25, 0.3) is 0 Å². The number of hydrogen-bond acceptors (Lipinski definition) is 2. The zero-order chi connectivity index (χ0) is 23.0. The fourth-order valence-corrected chi connectivity index (χ4v) is 8.85. The molecule has 2 nitrogen and oxygen atoms in total. The molecule has 0 N–H and O–H groups in total. The number of hydrogen-bond donors (Lipinski definition) is 0. The van der Waals surface area contributed by atoms with E-state index in [2.05, 4.69) is 121 Å². The maximum Gasteiger partial charge on any atom is 0.137 e. The molecule has 4 aromatic rings. The van der Waals surface area contributed by atoms with E-state index in [1.807, 2.05) is 0 Å². The summed E-state index contributed by atoms with van der Waals surface area (Å²) in [7, 11) is 0. The first-order valence-electron chi connectivity index (χ1n) is 13.0. The summed E-state index contributed by atoms with van der Waals surface area (Å²) in [5.74, 6) is 2.90. The predicted octanol–water partition coefficient (Wildman–Crippen LogP) is 7.26. The molecular weight excluding hydrogens is 424 g/mol. The Morgan fingerprint density at radius 1 is 0.486 bits per heavy atom. The van der Waals surface area contributed by atoms with Crippen molar-refractivity contribution >= 4 is 0 Å². The van der Waals surface area contributed by atoms with Gasteiger partial charge in [0, 0.05) is 11.3 Å². The fraction of sp³-hybridized carbons (Fsp3) is 0.273. The fourth-order valence-electron chi connectivity index (χ4n) is 8.85. The van der Waals surface area contributed by atoms with Crippen LogP contribution in [0, 0.1) is 29.6 Å². The van der Waals surface area contributed by atoms with Gasteiger partial charge in [-0.05, 0) is 52.3 Å². The van der Waals surface area contributed by atoms with Gasteiger partial charge in [-0.3, -0.25) is 0 Å². The topological polar surface area (TPSA) is 24.7 Å². The van der Waals surface area contributed by atoms with E-state index in [-0.39, 0.29) is 11.0 Å². The van der Waals surface area contributed by atoms with Crippen molar-refractivity contribution in [3.05, 3.63) is 144 Å². The molecule has 0 spiro atoms. The van der Waals surface area contributed by atoms with Crippen LogP contribution in [0.5, 0.6) is 0 Å².